The molecule has 0 amide bonds. The number of hydrogen-bond donors (Lipinski definition) is 0. The van der Waals surface area contributed by atoms with Gasteiger partial charge in [0.25, 0.3) is 0 Å². The van der Waals surface area contributed by atoms with E-state index < -0.39 is 17.8 Å². The first kappa shape index (κ1) is 26.0. The number of rotatable bonds is 7. The molecule has 2 aromatic carbocycles. The van der Waals surface area contributed by atoms with Crippen molar-refractivity contribution in [3.05, 3.63) is 65.2 Å². The number of benzene rings is 2. The molecule has 0 saturated heterocycles. The highest BCUT2D eigenvalue weighted by Crippen LogP contribution is 2.45. The minimum Gasteiger partial charge on any atom is -0.429 e. The number of ether oxygens (including phenoxy) is 1. The molecular formula is C29H35F5O. The van der Waals surface area contributed by atoms with E-state index in [1.165, 1.54) is 63.5 Å². The zero-order valence-electron chi connectivity index (χ0n) is 20.3. The molecule has 0 spiro atoms. The second kappa shape index (κ2) is 10.9. The van der Waals surface area contributed by atoms with Gasteiger partial charge in [-0.25, -0.2) is 0 Å². The van der Waals surface area contributed by atoms with E-state index in [0.717, 1.165) is 60.4 Å². The summed E-state index contributed by atoms with van der Waals surface area (Å²) in [6.45, 7) is 2.27. The Labute approximate surface area is 205 Å². The Morgan fingerprint density at radius 2 is 1.20 bits per heavy atom. The largest absolute Gasteiger partial charge is 0.429 e. The van der Waals surface area contributed by atoms with Gasteiger partial charge in [0.15, 0.2) is 0 Å². The van der Waals surface area contributed by atoms with E-state index in [9.17, 15) is 22.0 Å². The van der Waals surface area contributed by atoms with Gasteiger partial charge >= 0.3 is 12.3 Å². The van der Waals surface area contributed by atoms with Crippen LogP contribution >= 0.6 is 0 Å². The van der Waals surface area contributed by atoms with Crippen molar-refractivity contribution >= 4 is 0 Å². The van der Waals surface area contributed by atoms with Gasteiger partial charge in [-0.1, -0.05) is 44.7 Å². The summed E-state index contributed by atoms with van der Waals surface area (Å²) in [6.07, 6.45) is 4.59. The third-order valence-corrected chi connectivity index (χ3v) is 8.17. The van der Waals surface area contributed by atoms with E-state index in [-0.39, 0.29) is 11.3 Å². The van der Waals surface area contributed by atoms with E-state index in [0.29, 0.717) is 5.92 Å². The quantitative estimate of drug-likeness (QED) is 0.348. The molecule has 0 aliphatic heterocycles. The normalized spacial score (nSPS) is 25.9. The molecule has 2 aliphatic rings. The van der Waals surface area contributed by atoms with Crippen LogP contribution in [0.5, 0.6) is 5.75 Å². The molecule has 1 nitrogen and oxygen atoms in total. The van der Waals surface area contributed by atoms with Gasteiger partial charge in [0.2, 0.25) is 0 Å². The molecule has 2 fully saturated rings. The molecule has 0 heterocycles. The molecule has 0 unspecified atom stereocenters. The van der Waals surface area contributed by atoms with Crippen LogP contribution in [0.2, 0.25) is 0 Å². The predicted octanol–water partition coefficient (Wildman–Crippen LogP) is 9.71. The predicted molar refractivity (Wildman–Crippen MR) is 127 cm³/mol. The van der Waals surface area contributed by atoms with Crippen molar-refractivity contribution < 1.29 is 26.7 Å². The average molecular weight is 495 g/mol. The highest BCUT2D eigenvalue weighted by Gasteiger charge is 2.36. The standard InChI is InChI=1S/C29H35F5O/c1-2-3-20-4-6-21(7-5-20)22-8-10-23(11-9-22)24-12-14-26(15-13-24)29(33,34)35-27-18-16-25(17-19-27)28(30,31)32/h12-23H,2-11H2,1H3/t20-,21-,22-,23-. The van der Waals surface area contributed by atoms with Crippen molar-refractivity contribution in [2.75, 3.05) is 0 Å². The molecule has 0 N–H and O–H groups in total. The summed E-state index contributed by atoms with van der Waals surface area (Å²) in [5.74, 6) is 2.66. The third-order valence-electron chi connectivity index (χ3n) is 8.17. The molecule has 2 saturated carbocycles. The van der Waals surface area contributed by atoms with Crippen LogP contribution in [0.4, 0.5) is 22.0 Å². The van der Waals surface area contributed by atoms with Gasteiger partial charge in [-0.2, -0.15) is 22.0 Å². The maximum absolute atomic E-state index is 14.6. The fraction of sp³-hybridized carbons (Fsp3) is 0.586. The Balaban J connectivity index is 1.30. The summed E-state index contributed by atoms with van der Waals surface area (Å²) < 4.78 is 72.1. The van der Waals surface area contributed by atoms with E-state index >= 15 is 0 Å². The van der Waals surface area contributed by atoms with Gasteiger partial charge < -0.3 is 4.74 Å². The Morgan fingerprint density at radius 3 is 1.71 bits per heavy atom. The molecule has 0 aromatic heterocycles. The zero-order chi connectivity index (χ0) is 25.1. The van der Waals surface area contributed by atoms with Gasteiger partial charge in [-0.05, 0) is 104 Å². The minimum atomic E-state index is -4.52. The summed E-state index contributed by atoms with van der Waals surface area (Å²) in [6, 6.07) is 9.56. The second-order valence-electron chi connectivity index (χ2n) is 10.4. The van der Waals surface area contributed by atoms with E-state index in [2.05, 4.69) is 6.92 Å². The first-order valence-electron chi connectivity index (χ1n) is 13.0. The summed E-state index contributed by atoms with van der Waals surface area (Å²) in [4.78, 5) is 0. The molecule has 2 aliphatic carbocycles. The molecule has 35 heavy (non-hydrogen) atoms. The van der Waals surface area contributed by atoms with Gasteiger partial charge in [-0.3, -0.25) is 0 Å². The van der Waals surface area contributed by atoms with E-state index in [4.69, 9.17) is 4.74 Å². The maximum atomic E-state index is 14.6. The van der Waals surface area contributed by atoms with Crippen LogP contribution in [0, 0.1) is 17.8 Å². The van der Waals surface area contributed by atoms with Gasteiger partial charge in [0.05, 0.1) is 11.1 Å². The maximum Gasteiger partial charge on any atom is 0.426 e. The van der Waals surface area contributed by atoms with Crippen LogP contribution in [0.25, 0.3) is 0 Å². The monoisotopic (exact) mass is 494 g/mol. The van der Waals surface area contributed by atoms with Crippen LogP contribution in [0.1, 0.15) is 93.7 Å². The summed E-state index contributed by atoms with van der Waals surface area (Å²) in [7, 11) is 0. The van der Waals surface area contributed by atoms with Crippen molar-refractivity contribution in [2.24, 2.45) is 17.8 Å². The van der Waals surface area contributed by atoms with Crippen molar-refractivity contribution in [1.82, 2.24) is 0 Å². The number of hydrogen-bond acceptors (Lipinski definition) is 1. The van der Waals surface area contributed by atoms with Gasteiger partial charge in [0, 0.05) is 0 Å². The lowest BCUT2D eigenvalue weighted by molar-refractivity contribution is -0.185. The highest BCUT2D eigenvalue weighted by atomic mass is 19.4. The van der Waals surface area contributed by atoms with Crippen molar-refractivity contribution in [1.29, 1.82) is 0 Å². The first-order chi connectivity index (χ1) is 16.7. The SMILES string of the molecule is CCC[C@H]1CC[C@H]([C@H]2CC[C@H](c3ccc(C(F)(F)Oc4ccc(C(F)(F)F)cc4)cc3)CC2)CC1. The van der Waals surface area contributed by atoms with Gasteiger partial charge in [-0.15, -0.1) is 0 Å². The minimum absolute atomic E-state index is 0.307. The molecule has 0 radical (unpaired) electrons. The smallest absolute Gasteiger partial charge is 0.426 e. The van der Waals surface area contributed by atoms with Crippen molar-refractivity contribution in [2.45, 2.75) is 89.3 Å². The molecule has 6 heteroatoms. The van der Waals surface area contributed by atoms with Crippen molar-refractivity contribution in [3.8, 4) is 5.75 Å². The third kappa shape index (κ3) is 6.56. The molecule has 0 bridgehead atoms. The molecule has 4 rings (SSSR count). The van der Waals surface area contributed by atoms with Crippen LogP contribution in [0.15, 0.2) is 48.5 Å². The van der Waals surface area contributed by atoms with Crippen LogP contribution in [-0.2, 0) is 12.3 Å². The summed E-state index contributed by atoms with van der Waals surface area (Å²) in [5, 5.41) is 0. The molecule has 2 aromatic rings. The lowest BCUT2D eigenvalue weighted by atomic mass is 9.68. The Bertz CT molecular complexity index is 919. The fourth-order valence-electron chi connectivity index (χ4n) is 6.15. The summed E-state index contributed by atoms with van der Waals surface area (Å²) in [5.41, 5.74) is -0.140. The second-order valence-corrected chi connectivity index (χ2v) is 10.4. The van der Waals surface area contributed by atoms with Crippen LogP contribution in [-0.4, -0.2) is 0 Å². The van der Waals surface area contributed by atoms with Crippen LogP contribution in [0.3, 0.4) is 0 Å². The Morgan fingerprint density at radius 1 is 0.686 bits per heavy atom. The summed E-state index contributed by atoms with van der Waals surface area (Å²) >= 11 is 0. The van der Waals surface area contributed by atoms with E-state index in [1.807, 2.05) is 0 Å². The molecule has 192 valence electrons. The highest BCUT2D eigenvalue weighted by molar-refractivity contribution is 5.31. The van der Waals surface area contributed by atoms with Crippen LogP contribution < -0.4 is 4.74 Å². The lowest BCUT2D eigenvalue weighted by Crippen LogP contribution is -2.25. The molecular weight excluding hydrogens is 459 g/mol. The van der Waals surface area contributed by atoms with Crippen molar-refractivity contribution in [3.63, 3.8) is 0 Å². The van der Waals surface area contributed by atoms with E-state index in [1.54, 1.807) is 12.1 Å². The van der Waals surface area contributed by atoms with Gasteiger partial charge in [0.1, 0.15) is 5.75 Å². The lowest BCUT2D eigenvalue weighted by Gasteiger charge is -2.38. The fourth-order valence-corrected chi connectivity index (χ4v) is 6.15. The number of alkyl halides is 5. The Kier molecular flexibility index (Phi) is 8.07. The number of halogens is 5. The average Bonchev–Trinajstić information content (AvgIpc) is 2.84. The first-order valence-corrected chi connectivity index (χ1v) is 13.0. The zero-order valence-corrected chi connectivity index (χ0v) is 20.3. The Hall–Kier alpha value is -2.11. The molecule has 0 atom stereocenters. The topological polar surface area (TPSA) is 9.23 Å².